The fourth-order valence-electron chi connectivity index (χ4n) is 4.18. The number of anilines is 2. The molecule has 11 heteroatoms. The number of methoxy groups -OCH3 is 1. The molecule has 10 nitrogen and oxygen atoms in total. The van der Waals surface area contributed by atoms with E-state index in [4.69, 9.17) is 4.74 Å². The van der Waals surface area contributed by atoms with E-state index in [1.165, 1.54) is 33.2 Å². The Labute approximate surface area is 219 Å². The Balaban J connectivity index is 1.50. The Bertz CT molecular complexity index is 1510. The molecule has 1 fully saturated rings. The fraction of sp³-hybridized carbons (Fsp3) is 0.333. The van der Waals surface area contributed by atoms with Gasteiger partial charge in [0.25, 0.3) is 0 Å². The van der Waals surface area contributed by atoms with Crippen LogP contribution in [0.25, 0.3) is 11.4 Å². The quantitative estimate of drug-likeness (QED) is 0.250. The molecule has 4 heterocycles. The zero-order chi connectivity index (χ0) is 27.0. The second kappa shape index (κ2) is 9.90. The molecule has 1 saturated carbocycles. The highest BCUT2D eigenvalue weighted by molar-refractivity contribution is 6.04. The van der Waals surface area contributed by atoms with Crippen LogP contribution in [0.5, 0.6) is 5.75 Å². The molecule has 0 aliphatic heterocycles. The number of hydrogen-bond donors (Lipinski definition) is 2. The van der Waals surface area contributed by atoms with Gasteiger partial charge >= 0.3 is 0 Å². The van der Waals surface area contributed by atoms with Crippen LogP contribution >= 0.6 is 0 Å². The highest BCUT2D eigenvalue weighted by Crippen LogP contribution is 2.38. The molecular weight excluding hydrogens is 489 g/mol. The van der Waals surface area contributed by atoms with Crippen molar-refractivity contribution in [1.82, 2.24) is 29.7 Å². The van der Waals surface area contributed by atoms with E-state index in [-0.39, 0.29) is 23.7 Å². The van der Waals surface area contributed by atoms with Gasteiger partial charge in [0.15, 0.2) is 23.2 Å². The van der Waals surface area contributed by atoms with Crippen molar-refractivity contribution in [3.8, 4) is 17.1 Å². The second-order valence-corrected chi connectivity index (χ2v) is 9.84. The second-order valence-electron chi connectivity index (χ2n) is 9.84. The topological polar surface area (TPSA) is 128 Å². The maximum absolute atomic E-state index is 14.6. The van der Waals surface area contributed by atoms with E-state index < -0.39 is 11.5 Å². The smallest absolute Gasteiger partial charge is 0.219 e. The lowest BCUT2D eigenvalue weighted by Gasteiger charge is -2.18. The number of aliphatic hydroxyl groups is 1. The molecule has 1 aliphatic carbocycles. The van der Waals surface area contributed by atoms with Crippen molar-refractivity contribution in [3.63, 3.8) is 0 Å². The monoisotopic (exact) mass is 517 g/mol. The molecule has 196 valence electrons. The number of ether oxygens (including phenoxy) is 1. The van der Waals surface area contributed by atoms with Crippen LogP contribution in [0.3, 0.4) is 0 Å². The van der Waals surface area contributed by atoms with Crippen LogP contribution in [-0.2, 0) is 19.1 Å². The van der Waals surface area contributed by atoms with E-state index in [2.05, 4.69) is 30.4 Å². The molecule has 0 aromatic carbocycles. The van der Waals surface area contributed by atoms with E-state index in [0.717, 1.165) is 12.8 Å². The first-order valence-corrected chi connectivity index (χ1v) is 12.2. The maximum atomic E-state index is 14.6. The van der Waals surface area contributed by atoms with Crippen LogP contribution in [0.4, 0.5) is 15.9 Å². The van der Waals surface area contributed by atoms with Crippen LogP contribution in [0.1, 0.15) is 54.0 Å². The van der Waals surface area contributed by atoms with Gasteiger partial charge in [0.1, 0.15) is 6.33 Å². The van der Waals surface area contributed by atoms with E-state index in [9.17, 15) is 14.3 Å². The van der Waals surface area contributed by atoms with Gasteiger partial charge in [-0.05, 0) is 51.0 Å². The van der Waals surface area contributed by atoms with Crippen LogP contribution in [0.2, 0.25) is 0 Å². The van der Waals surface area contributed by atoms with E-state index in [0.29, 0.717) is 45.6 Å². The van der Waals surface area contributed by atoms with Crippen molar-refractivity contribution < 1.29 is 19.0 Å². The first-order valence-electron chi connectivity index (χ1n) is 12.2. The zero-order valence-corrected chi connectivity index (χ0v) is 21.6. The van der Waals surface area contributed by atoms with Crippen LogP contribution in [0, 0.1) is 11.9 Å². The molecule has 0 bridgehead atoms. The van der Waals surface area contributed by atoms with Crippen molar-refractivity contribution >= 4 is 17.3 Å². The number of nitrogens with zero attached hydrogens (tertiary/aromatic N) is 6. The van der Waals surface area contributed by atoms with Crippen LogP contribution < -0.4 is 10.1 Å². The molecule has 1 aliphatic rings. The number of hydrogen-bond acceptors (Lipinski definition) is 9. The lowest BCUT2D eigenvalue weighted by atomic mass is 9.99. The number of ketones is 1. The van der Waals surface area contributed by atoms with Gasteiger partial charge in [-0.3, -0.25) is 14.5 Å². The molecule has 4 aromatic heterocycles. The van der Waals surface area contributed by atoms with Crippen molar-refractivity contribution in [2.24, 2.45) is 13.0 Å². The predicted octanol–water partition coefficient (Wildman–Crippen LogP) is 3.97. The van der Waals surface area contributed by atoms with Gasteiger partial charge < -0.3 is 15.2 Å². The Morgan fingerprint density at radius 2 is 2.00 bits per heavy atom. The fourth-order valence-corrected chi connectivity index (χ4v) is 4.18. The number of carbonyl (C=O) groups excluding carboxylic acids is 1. The van der Waals surface area contributed by atoms with Gasteiger partial charge in [-0.25, -0.2) is 15.0 Å². The summed E-state index contributed by atoms with van der Waals surface area (Å²) in [5.74, 6) is 0.537. The van der Waals surface area contributed by atoms with E-state index in [1.807, 2.05) is 0 Å². The molecule has 0 saturated heterocycles. The van der Waals surface area contributed by atoms with Crippen molar-refractivity contribution in [1.29, 1.82) is 0 Å². The summed E-state index contributed by atoms with van der Waals surface area (Å²) in [5.41, 5.74) is 1.37. The predicted molar refractivity (Wildman–Crippen MR) is 138 cm³/mol. The minimum absolute atomic E-state index is 0.00626. The molecule has 0 radical (unpaired) electrons. The van der Waals surface area contributed by atoms with Crippen LogP contribution in [0.15, 0.2) is 43.0 Å². The van der Waals surface area contributed by atoms with Gasteiger partial charge in [-0.1, -0.05) is 0 Å². The Morgan fingerprint density at radius 3 is 2.63 bits per heavy atom. The van der Waals surface area contributed by atoms with Gasteiger partial charge in [0.2, 0.25) is 5.95 Å². The number of carbonyl (C=O) groups is 1. The minimum Gasteiger partial charge on any atom is -0.492 e. The summed E-state index contributed by atoms with van der Waals surface area (Å²) in [7, 11) is 3.30. The first kappa shape index (κ1) is 25.4. The number of halogens is 1. The standard InChI is InChI=1S/C27H28FN7O3/c1-27(2,37)20-8-7-16(32-24(20)28)11-17-12-21(19(13-30-17)22(36)15-5-6-15)33-26-23(38-4)18(9-10-29-26)25-31-14-35(3)34-25/h7-10,12-15,37H,5-6,11H2,1-4H3,(H,29,30,33). The highest BCUT2D eigenvalue weighted by Gasteiger charge is 2.32. The number of aryl methyl sites for hydroxylation is 1. The minimum atomic E-state index is -1.35. The normalized spacial score (nSPS) is 13.4. The summed E-state index contributed by atoms with van der Waals surface area (Å²) in [4.78, 5) is 30.3. The highest BCUT2D eigenvalue weighted by atomic mass is 19.1. The maximum Gasteiger partial charge on any atom is 0.219 e. The number of nitrogens with one attached hydrogen (secondary N) is 1. The van der Waals surface area contributed by atoms with E-state index in [1.54, 1.807) is 42.5 Å². The van der Waals surface area contributed by atoms with E-state index >= 15 is 0 Å². The van der Waals surface area contributed by atoms with Gasteiger partial charge in [-0.2, -0.15) is 9.49 Å². The van der Waals surface area contributed by atoms with Gasteiger partial charge in [0.05, 0.1) is 29.5 Å². The average Bonchev–Trinajstić information content (AvgIpc) is 3.63. The van der Waals surface area contributed by atoms with Crippen molar-refractivity contribution in [3.05, 3.63) is 71.4 Å². The Hall–Kier alpha value is -4.25. The molecule has 38 heavy (non-hydrogen) atoms. The number of Topliss-reactive ketones (excluding diaryl/α,β-unsaturated/α-hetero) is 1. The summed E-state index contributed by atoms with van der Waals surface area (Å²) >= 11 is 0. The lowest BCUT2D eigenvalue weighted by molar-refractivity contribution is 0.0735. The molecule has 4 aromatic rings. The molecule has 2 N–H and O–H groups in total. The third kappa shape index (κ3) is 5.23. The zero-order valence-electron chi connectivity index (χ0n) is 21.6. The first-order chi connectivity index (χ1) is 18.1. The summed E-state index contributed by atoms with van der Waals surface area (Å²) in [6, 6.07) is 6.67. The molecule has 0 unspecified atom stereocenters. The SMILES string of the molecule is COc1c(-c2ncn(C)n2)ccnc1Nc1cc(Cc2ccc(C(C)(C)O)c(F)n2)ncc1C(=O)C1CC1. The molecule has 0 spiro atoms. The molecular formula is C27H28FN7O3. The summed E-state index contributed by atoms with van der Waals surface area (Å²) in [6.07, 6.45) is 6.65. The molecule has 5 rings (SSSR count). The Morgan fingerprint density at radius 1 is 1.21 bits per heavy atom. The number of rotatable bonds is 9. The summed E-state index contributed by atoms with van der Waals surface area (Å²) in [5, 5.41) is 17.7. The molecule has 0 atom stereocenters. The summed E-state index contributed by atoms with van der Waals surface area (Å²) < 4.78 is 21.8. The lowest BCUT2D eigenvalue weighted by Crippen LogP contribution is -2.18. The number of pyridine rings is 3. The largest absolute Gasteiger partial charge is 0.492 e. The van der Waals surface area contributed by atoms with Crippen molar-refractivity contribution in [2.45, 2.75) is 38.7 Å². The van der Waals surface area contributed by atoms with Crippen LogP contribution in [-0.4, -0.2) is 47.7 Å². The third-order valence-electron chi connectivity index (χ3n) is 6.30. The number of aromatic nitrogens is 6. The third-order valence-corrected chi connectivity index (χ3v) is 6.30. The van der Waals surface area contributed by atoms with Gasteiger partial charge in [-0.15, -0.1) is 0 Å². The average molecular weight is 518 g/mol. The Kier molecular flexibility index (Phi) is 6.62. The van der Waals surface area contributed by atoms with Gasteiger partial charge in [0, 0.05) is 48.7 Å². The van der Waals surface area contributed by atoms with Crippen molar-refractivity contribution in [2.75, 3.05) is 12.4 Å². The molecule has 0 amide bonds. The summed E-state index contributed by atoms with van der Waals surface area (Å²) in [6.45, 7) is 3.01.